The molecule has 1 rings (SSSR count). The monoisotopic (exact) mass is 272 g/mol. The molecule has 1 amide bonds. The number of nitrogens with one attached hydrogen (secondary N) is 1. The van der Waals surface area contributed by atoms with Crippen LogP contribution in [0.4, 0.5) is 0 Å². The highest BCUT2D eigenvalue weighted by Gasteiger charge is 2.30. The second-order valence-electron chi connectivity index (χ2n) is 6.84. The van der Waals surface area contributed by atoms with Gasteiger partial charge >= 0.3 is 0 Å². The molecule has 4 N–H and O–H groups in total. The molecule has 0 aromatic carbocycles. The maximum absolute atomic E-state index is 11.8. The lowest BCUT2D eigenvalue weighted by atomic mass is 9.87. The van der Waals surface area contributed by atoms with Gasteiger partial charge in [0.15, 0.2) is 0 Å². The molecule has 1 fully saturated rings. The fourth-order valence-electron chi connectivity index (χ4n) is 2.36. The first kappa shape index (κ1) is 16.4. The van der Waals surface area contributed by atoms with E-state index >= 15 is 0 Å². The zero-order valence-corrected chi connectivity index (χ0v) is 12.4. The SMILES string of the molecule is CC(C)(C)CC(N)CC(=O)NCC1(O)CCOCC1. The van der Waals surface area contributed by atoms with E-state index in [9.17, 15) is 9.90 Å². The van der Waals surface area contributed by atoms with E-state index in [0.717, 1.165) is 6.42 Å². The summed E-state index contributed by atoms with van der Waals surface area (Å²) in [7, 11) is 0. The van der Waals surface area contributed by atoms with E-state index in [1.165, 1.54) is 0 Å². The van der Waals surface area contributed by atoms with Crippen LogP contribution in [0.1, 0.15) is 46.5 Å². The summed E-state index contributed by atoms with van der Waals surface area (Å²) in [5.74, 6) is -0.0864. The smallest absolute Gasteiger partial charge is 0.221 e. The molecule has 0 aliphatic carbocycles. The Balaban J connectivity index is 2.27. The molecule has 0 radical (unpaired) electrons. The topological polar surface area (TPSA) is 84.6 Å². The van der Waals surface area contributed by atoms with Gasteiger partial charge in [0, 0.05) is 45.1 Å². The van der Waals surface area contributed by atoms with Crippen molar-refractivity contribution in [3.8, 4) is 0 Å². The van der Waals surface area contributed by atoms with Gasteiger partial charge in [0.1, 0.15) is 0 Å². The second kappa shape index (κ2) is 6.68. The third-order valence-electron chi connectivity index (χ3n) is 3.36. The van der Waals surface area contributed by atoms with Crippen LogP contribution in [0.5, 0.6) is 0 Å². The predicted molar refractivity (Wildman–Crippen MR) is 74.7 cm³/mol. The maximum Gasteiger partial charge on any atom is 0.221 e. The molecule has 1 atom stereocenters. The molecule has 1 aliphatic rings. The lowest BCUT2D eigenvalue weighted by Gasteiger charge is -2.32. The molecular formula is C14H28N2O3. The van der Waals surface area contributed by atoms with Crippen LogP contribution in [-0.2, 0) is 9.53 Å². The number of carbonyl (C=O) groups excluding carboxylic acids is 1. The number of ether oxygens (including phenoxy) is 1. The van der Waals surface area contributed by atoms with Crippen LogP contribution in [0, 0.1) is 5.41 Å². The summed E-state index contributed by atoms with van der Waals surface area (Å²) in [5, 5.41) is 13.0. The summed E-state index contributed by atoms with van der Waals surface area (Å²) < 4.78 is 5.20. The molecule has 0 bridgehead atoms. The Morgan fingerprint density at radius 2 is 2.00 bits per heavy atom. The third-order valence-corrected chi connectivity index (χ3v) is 3.36. The van der Waals surface area contributed by atoms with Gasteiger partial charge in [-0.2, -0.15) is 0 Å². The molecule has 1 unspecified atom stereocenters. The Kier molecular flexibility index (Phi) is 5.77. The number of nitrogens with two attached hydrogens (primary N) is 1. The average Bonchev–Trinajstić information content (AvgIpc) is 2.25. The molecule has 5 nitrogen and oxygen atoms in total. The molecule has 0 aromatic rings. The zero-order valence-electron chi connectivity index (χ0n) is 12.4. The van der Waals surface area contributed by atoms with Gasteiger partial charge in [-0.15, -0.1) is 0 Å². The van der Waals surface area contributed by atoms with Gasteiger partial charge in [0.25, 0.3) is 0 Å². The Bertz CT molecular complexity index is 294. The molecule has 1 heterocycles. The minimum atomic E-state index is -0.817. The number of amides is 1. The highest BCUT2D eigenvalue weighted by Crippen LogP contribution is 2.21. The van der Waals surface area contributed by atoms with Crippen LogP contribution in [0.15, 0.2) is 0 Å². The molecule has 1 saturated heterocycles. The van der Waals surface area contributed by atoms with Crippen molar-refractivity contribution >= 4 is 5.91 Å². The van der Waals surface area contributed by atoms with Gasteiger partial charge in [-0.1, -0.05) is 20.8 Å². The molecule has 0 saturated carbocycles. The number of hydrogen-bond donors (Lipinski definition) is 3. The normalized spacial score (nSPS) is 20.9. The summed E-state index contributed by atoms with van der Waals surface area (Å²) >= 11 is 0. The van der Waals surface area contributed by atoms with Crippen LogP contribution in [0.25, 0.3) is 0 Å². The van der Waals surface area contributed by atoms with Gasteiger partial charge in [-0.25, -0.2) is 0 Å². The third kappa shape index (κ3) is 6.89. The van der Waals surface area contributed by atoms with E-state index in [2.05, 4.69) is 26.1 Å². The Morgan fingerprint density at radius 3 is 2.53 bits per heavy atom. The summed E-state index contributed by atoms with van der Waals surface area (Å²) in [6.07, 6.45) is 2.25. The number of rotatable bonds is 5. The fraction of sp³-hybridized carbons (Fsp3) is 0.929. The van der Waals surface area contributed by atoms with Gasteiger partial charge < -0.3 is 20.9 Å². The summed E-state index contributed by atoms with van der Waals surface area (Å²) in [6.45, 7) is 7.71. The van der Waals surface area contributed by atoms with Crippen LogP contribution in [-0.4, -0.2) is 42.4 Å². The quantitative estimate of drug-likeness (QED) is 0.691. The minimum absolute atomic E-state index is 0.0864. The van der Waals surface area contributed by atoms with Crippen molar-refractivity contribution in [1.82, 2.24) is 5.32 Å². The van der Waals surface area contributed by atoms with Gasteiger partial charge in [-0.05, 0) is 11.8 Å². The van der Waals surface area contributed by atoms with E-state index in [1.54, 1.807) is 0 Å². The number of hydrogen-bond acceptors (Lipinski definition) is 4. The van der Waals surface area contributed by atoms with Crippen molar-refractivity contribution in [2.24, 2.45) is 11.1 Å². The van der Waals surface area contributed by atoms with Crippen molar-refractivity contribution in [3.05, 3.63) is 0 Å². The van der Waals surface area contributed by atoms with Crippen molar-refractivity contribution in [2.45, 2.75) is 58.1 Å². The lowest BCUT2D eigenvalue weighted by molar-refractivity contribution is -0.124. The summed E-state index contributed by atoms with van der Waals surface area (Å²) in [4.78, 5) is 11.8. The van der Waals surface area contributed by atoms with Crippen LogP contribution >= 0.6 is 0 Å². The van der Waals surface area contributed by atoms with E-state index < -0.39 is 5.60 Å². The lowest BCUT2D eigenvalue weighted by Crippen LogP contribution is -2.47. The predicted octanol–water partition coefficient (Wildman–Crippen LogP) is 0.798. The van der Waals surface area contributed by atoms with Crippen LogP contribution in [0.3, 0.4) is 0 Å². The Hall–Kier alpha value is -0.650. The average molecular weight is 272 g/mol. The first-order chi connectivity index (χ1) is 8.70. The first-order valence-electron chi connectivity index (χ1n) is 7.03. The molecule has 0 spiro atoms. The van der Waals surface area contributed by atoms with Crippen LogP contribution in [0.2, 0.25) is 0 Å². The van der Waals surface area contributed by atoms with Gasteiger partial charge in [0.05, 0.1) is 5.60 Å². The van der Waals surface area contributed by atoms with Gasteiger partial charge in [0.2, 0.25) is 5.91 Å². The largest absolute Gasteiger partial charge is 0.388 e. The second-order valence-corrected chi connectivity index (χ2v) is 6.84. The molecule has 5 heteroatoms. The molecule has 1 aliphatic heterocycles. The standard InChI is InChI=1S/C14H28N2O3/c1-13(2,3)9-11(15)8-12(17)16-10-14(18)4-6-19-7-5-14/h11,18H,4-10,15H2,1-3H3,(H,16,17). The number of aliphatic hydroxyl groups is 1. The first-order valence-corrected chi connectivity index (χ1v) is 7.03. The molecule has 112 valence electrons. The highest BCUT2D eigenvalue weighted by molar-refractivity contribution is 5.76. The van der Waals surface area contributed by atoms with Gasteiger partial charge in [-0.3, -0.25) is 4.79 Å². The van der Waals surface area contributed by atoms with Crippen molar-refractivity contribution < 1.29 is 14.6 Å². The van der Waals surface area contributed by atoms with E-state index in [1.807, 2.05) is 0 Å². The fourth-order valence-corrected chi connectivity index (χ4v) is 2.36. The zero-order chi connectivity index (χ0) is 14.5. The molecule has 19 heavy (non-hydrogen) atoms. The molecular weight excluding hydrogens is 244 g/mol. The van der Waals surface area contributed by atoms with Crippen molar-refractivity contribution in [3.63, 3.8) is 0 Å². The highest BCUT2D eigenvalue weighted by atomic mass is 16.5. The minimum Gasteiger partial charge on any atom is -0.388 e. The van der Waals surface area contributed by atoms with Crippen molar-refractivity contribution in [2.75, 3.05) is 19.8 Å². The molecule has 0 aromatic heterocycles. The maximum atomic E-state index is 11.8. The van der Waals surface area contributed by atoms with E-state index in [0.29, 0.717) is 32.5 Å². The van der Waals surface area contributed by atoms with Crippen molar-refractivity contribution in [1.29, 1.82) is 0 Å². The van der Waals surface area contributed by atoms with E-state index in [4.69, 9.17) is 10.5 Å². The number of carbonyl (C=O) groups is 1. The Morgan fingerprint density at radius 1 is 1.42 bits per heavy atom. The summed E-state index contributed by atoms with van der Waals surface area (Å²) in [6, 6.07) is -0.135. The van der Waals surface area contributed by atoms with E-state index in [-0.39, 0.29) is 23.9 Å². The van der Waals surface area contributed by atoms with Crippen LogP contribution < -0.4 is 11.1 Å². The Labute approximate surface area is 115 Å². The summed E-state index contributed by atoms with van der Waals surface area (Å²) in [5.41, 5.74) is 5.27.